The van der Waals surface area contributed by atoms with Crippen molar-refractivity contribution in [1.29, 1.82) is 0 Å². The molecule has 94 valence electrons. The Kier molecular flexibility index (Phi) is 4.49. The van der Waals surface area contributed by atoms with Gasteiger partial charge in [-0.25, -0.2) is 9.97 Å². The Hall–Kier alpha value is -0.960. The molecule has 17 heavy (non-hydrogen) atoms. The van der Waals surface area contributed by atoms with Crippen molar-refractivity contribution in [1.82, 2.24) is 15.3 Å². The number of hydrogen-bond donors (Lipinski definition) is 1. The van der Waals surface area contributed by atoms with E-state index in [1.165, 1.54) is 32.1 Å². The number of rotatable bonds is 4. The van der Waals surface area contributed by atoms with Gasteiger partial charge in [-0.2, -0.15) is 0 Å². The van der Waals surface area contributed by atoms with E-state index in [4.69, 9.17) is 0 Å². The van der Waals surface area contributed by atoms with E-state index < -0.39 is 0 Å². The molecule has 1 aromatic heterocycles. The summed E-state index contributed by atoms with van der Waals surface area (Å²) in [6, 6.07) is 2.69. The van der Waals surface area contributed by atoms with Crippen molar-refractivity contribution in [2.24, 2.45) is 5.92 Å². The first-order valence-electron chi connectivity index (χ1n) is 6.80. The summed E-state index contributed by atoms with van der Waals surface area (Å²) in [4.78, 5) is 8.53. The molecular formula is C14H23N3. The van der Waals surface area contributed by atoms with E-state index >= 15 is 0 Å². The first kappa shape index (κ1) is 12.5. The average Bonchev–Trinajstić information content (AvgIpc) is 2.37. The Balaban J connectivity index is 1.76. The molecule has 0 radical (unpaired) electrons. The maximum absolute atomic E-state index is 4.42. The molecule has 0 aromatic carbocycles. The van der Waals surface area contributed by atoms with Gasteiger partial charge in [-0.05, 0) is 44.6 Å². The molecule has 1 heterocycles. The van der Waals surface area contributed by atoms with E-state index in [1.807, 2.05) is 19.2 Å². The normalized spacial score (nSPS) is 24.8. The highest BCUT2D eigenvalue weighted by atomic mass is 15.0. The summed E-state index contributed by atoms with van der Waals surface area (Å²) in [7, 11) is 0. The largest absolute Gasteiger partial charge is 0.308 e. The van der Waals surface area contributed by atoms with Crippen molar-refractivity contribution < 1.29 is 0 Å². The predicted molar refractivity (Wildman–Crippen MR) is 69.6 cm³/mol. The van der Waals surface area contributed by atoms with E-state index in [9.17, 15) is 0 Å². The van der Waals surface area contributed by atoms with E-state index in [2.05, 4.69) is 22.2 Å². The molecule has 0 unspecified atom stereocenters. The molecule has 3 heteroatoms. The molecule has 0 atom stereocenters. The second kappa shape index (κ2) is 6.10. The monoisotopic (exact) mass is 233 g/mol. The average molecular weight is 233 g/mol. The molecule has 0 aliphatic heterocycles. The highest BCUT2D eigenvalue weighted by Gasteiger charge is 2.19. The van der Waals surface area contributed by atoms with Gasteiger partial charge in [0, 0.05) is 18.8 Å². The molecular weight excluding hydrogens is 210 g/mol. The summed E-state index contributed by atoms with van der Waals surface area (Å²) in [6.45, 7) is 5.13. The Bertz CT molecular complexity index is 343. The second-order valence-electron chi connectivity index (χ2n) is 5.10. The molecule has 1 aliphatic carbocycles. The van der Waals surface area contributed by atoms with Gasteiger partial charge < -0.3 is 5.32 Å². The van der Waals surface area contributed by atoms with Gasteiger partial charge in [0.1, 0.15) is 5.82 Å². The summed E-state index contributed by atoms with van der Waals surface area (Å²) < 4.78 is 0. The standard InChI is InChI=1S/C14H23N3/c1-3-12-4-6-13(7-5-12)16-10-14-8-9-15-11(2)17-14/h8-9,12-13,16H,3-7,10H2,1-2H3. The van der Waals surface area contributed by atoms with Gasteiger partial charge in [0.2, 0.25) is 0 Å². The van der Waals surface area contributed by atoms with Gasteiger partial charge >= 0.3 is 0 Å². The first-order chi connectivity index (χ1) is 8.28. The van der Waals surface area contributed by atoms with Crippen LogP contribution < -0.4 is 5.32 Å². The third-order valence-electron chi connectivity index (χ3n) is 3.83. The van der Waals surface area contributed by atoms with Gasteiger partial charge in [-0.15, -0.1) is 0 Å². The van der Waals surface area contributed by atoms with Crippen LogP contribution in [0.1, 0.15) is 50.5 Å². The van der Waals surface area contributed by atoms with Crippen molar-refractivity contribution in [3.05, 3.63) is 23.8 Å². The Morgan fingerprint density at radius 2 is 2.06 bits per heavy atom. The second-order valence-corrected chi connectivity index (χ2v) is 5.10. The van der Waals surface area contributed by atoms with Crippen LogP contribution >= 0.6 is 0 Å². The van der Waals surface area contributed by atoms with Gasteiger partial charge in [0.25, 0.3) is 0 Å². The summed E-state index contributed by atoms with van der Waals surface area (Å²) >= 11 is 0. The van der Waals surface area contributed by atoms with Crippen LogP contribution in [0, 0.1) is 12.8 Å². The van der Waals surface area contributed by atoms with E-state index in [0.29, 0.717) is 6.04 Å². The van der Waals surface area contributed by atoms with Crippen molar-refractivity contribution >= 4 is 0 Å². The van der Waals surface area contributed by atoms with Gasteiger partial charge in [0.15, 0.2) is 0 Å². The topological polar surface area (TPSA) is 37.8 Å². The van der Waals surface area contributed by atoms with Crippen LogP contribution in [0.3, 0.4) is 0 Å². The molecule has 2 rings (SSSR count). The zero-order valence-electron chi connectivity index (χ0n) is 10.9. The number of aromatic nitrogens is 2. The third-order valence-corrected chi connectivity index (χ3v) is 3.83. The quantitative estimate of drug-likeness (QED) is 0.869. The van der Waals surface area contributed by atoms with Crippen LogP contribution in [0.25, 0.3) is 0 Å². The lowest BCUT2D eigenvalue weighted by atomic mass is 9.84. The Labute approximate surface area is 104 Å². The van der Waals surface area contributed by atoms with Crippen LogP contribution in [-0.4, -0.2) is 16.0 Å². The summed E-state index contributed by atoms with van der Waals surface area (Å²) in [5.41, 5.74) is 1.11. The summed E-state index contributed by atoms with van der Waals surface area (Å²) in [6.07, 6.45) is 8.60. The van der Waals surface area contributed by atoms with Crippen LogP contribution in [0.5, 0.6) is 0 Å². The molecule has 0 saturated heterocycles. The number of aryl methyl sites for hydroxylation is 1. The molecule has 1 fully saturated rings. The third kappa shape index (κ3) is 3.77. The molecule has 0 bridgehead atoms. The van der Waals surface area contributed by atoms with Gasteiger partial charge in [-0.1, -0.05) is 13.3 Å². The zero-order chi connectivity index (χ0) is 12.1. The molecule has 3 nitrogen and oxygen atoms in total. The van der Waals surface area contributed by atoms with Crippen molar-refractivity contribution in [2.75, 3.05) is 0 Å². The lowest BCUT2D eigenvalue weighted by Crippen LogP contribution is -2.32. The van der Waals surface area contributed by atoms with Crippen LogP contribution in [0.4, 0.5) is 0 Å². The number of hydrogen-bond acceptors (Lipinski definition) is 3. The van der Waals surface area contributed by atoms with E-state index in [1.54, 1.807) is 0 Å². The minimum absolute atomic E-state index is 0.688. The smallest absolute Gasteiger partial charge is 0.125 e. The number of nitrogens with zero attached hydrogens (tertiary/aromatic N) is 2. The minimum Gasteiger partial charge on any atom is -0.308 e. The van der Waals surface area contributed by atoms with Crippen molar-refractivity contribution in [3.8, 4) is 0 Å². The molecule has 1 aliphatic rings. The molecule has 1 aromatic rings. The molecule has 0 amide bonds. The molecule has 1 N–H and O–H groups in total. The fourth-order valence-corrected chi connectivity index (χ4v) is 2.63. The van der Waals surface area contributed by atoms with E-state index in [-0.39, 0.29) is 0 Å². The fraction of sp³-hybridized carbons (Fsp3) is 0.714. The lowest BCUT2D eigenvalue weighted by Gasteiger charge is -2.28. The van der Waals surface area contributed by atoms with E-state index in [0.717, 1.165) is 24.0 Å². The highest BCUT2D eigenvalue weighted by molar-refractivity contribution is 5.01. The van der Waals surface area contributed by atoms with Gasteiger partial charge in [-0.3, -0.25) is 0 Å². The van der Waals surface area contributed by atoms with Crippen molar-refractivity contribution in [2.45, 2.75) is 58.5 Å². The Morgan fingerprint density at radius 3 is 2.71 bits per heavy atom. The van der Waals surface area contributed by atoms with Crippen LogP contribution in [0.15, 0.2) is 12.3 Å². The van der Waals surface area contributed by atoms with Gasteiger partial charge in [0.05, 0.1) is 5.69 Å². The maximum Gasteiger partial charge on any atom is 0.125 e. The lowest BCUT2D eigenvalue weighted by molar-refractivity contribution is 0.284. The molecule has 1 saturated carbocycles. The maximum atomic E-state index is 4.42. The predicted octanol–water partition coefficient (Wildman–Crippen LogP) is 2.84. The van der Waals surface area contributed by atoms with Crippen molar-refractivity contribution in [3.63, 3.8) is 0 Å². The molecule has 0 spiro atoms. The van der Waals surface area contributed by atoms with Crippen LogP contribution in [-0.2, 0) is 6.54 Å². The number of nitrogens with one attached hydrogen (secondary N) is 1. The fourth-order valence-electron chi connectivity index (χ4n) is 2.63. The van der Waals surface area contributed by atoms with Crippen LogP contribution in [0.2, 0.25) is 0 Å². The minimum atomic E-state index is 0.688. The first-order valence-corrected chi connectivity index (χ1v) is 6.80. The summed E-state index contributed by atoms with van der Waals surface area (Å²) in [5.74, 6) is 1.83. The Morgan fingerprint density at radius 1 is 1.29 bits per heavy atom. The zero-order valence-corrected chi connectivity index (χ0v) is 10.9. The highest BCUT2D eigenvalue weighted by Crippen LogP contribution is 2.26. The summed E-state index contributed by atoms with van der Waals surface area (Å²) in [5, 5.41) is 3.62. The SMILES string of the molecule is CCC1CCC(NCc2ccnc(C)n2)CC1.